The molecule has 1 fully saturated rings. The Morgan fingerprint density at radius 1 is 1.03 bits per heavy atom. The summed E-state index contributed by atoms with van der Waals surface area (Å²) < 4.78 is 11.1. The monoisotopic (exact) mass is 450 g/mol. The molecule has 0 saturated carbocycles. The van der Waals surface area contributed by atoms with Gasteiger partial charge in [-0.2, -0.15) is 5.10 Å². The fraction of sp³-hybridized carbons (Fsp3) is 0.462. The normalized spacial score (nSPS) is 19.5. The zero-order valence-corrected chi connectivity index (χ0v) is 20.3. The standard InChI is InChI=1S/C26H34N4O3/c1-18-6-7-19(2)22(14-18)23-16-24(21-9-8-20(32-4)15-25(21)33-5)30(27-23)26(31)17-29-12-10-28(3)11-13-29/h6-9,14-15,24H,10-13,16-17H2,1-5H3/t24-/m0/s1. The summed E-state index contributed by atoms with van der Waals surface area (Å²) in [4.78, 5) is 18.0. The molecule has 1 atom stereocenters. The minimum absolute atomic E-state index is 0.0164. The van der Waals surface area contributed by atoms with E-state index in [4.69, 9.17) is 14.6 Å². The number of hydrogen-bond acceptors (Lipinski definition) is 6. The Morgan fingerprint density at radius 3 is 2.48 bits per heavy atom. The maximum Gasteiger partial charge on any atom is 0.257 e. The van der Waals surface area contributed by atoms with Crippen molar-refractivity contribution in [1.29, 1.82) is 0 Å². The second-order valence-corrected chi connectivity index (χ2v) is 9.01. The fourth-order valence-corrected chi connectivity index (χ4v) is 4.56. The van der Waals surface area contributed by atoms with Crippen molar-refractivity contribution in [2.45, 2.75) is 26.3 Å². The molecule has 4 rings (SSSR count). The van der Waals surface area contributed by atoms with Crippen LogP contribution in [0.4, 0.5) is 0 Å². The van der Waals surface area contributed by atoms with Crippen molar-refractivity contribution in [1.82, 2.24) is 14.8 Å². The Morgan fingerprint density at radius 2 is 1.79 bits per heavy atom. The van der Waals surface area contributed by atoms with Crippen LogP contribution in [0, 0.1) is 13.8 Å². The summed E-state index contributed by atoms with van der Waals surface area (Å²) >= 11 is 0. The lowest BCUT2D eigenvalue weighted by atomic mass is 9.94. The van der Waals surface area contributed by atoms with E-state index in [9.17, 15) is 4.79 Å². The molecule has 176 valence electrons. The van der Waals surface area contributed by atoms with Gasteiger partial charge in [-0.3, -0.25) is 9.69 Å². The van der Waals surface area contributed by atoms with Crippen molar-refractivity contribution in [2.24, 2.45) is 5.10 Å². The number of carbonyl (C=O) groups is 1. The van der Waals surface area contributed by atoms with Crippen molar-refractivity contribution < 1.29 is 14.3 Å². The first kappa shape index (κ1) is 23.3. The molecule has 7 heteroatoms. The van der Waals surface area contributed by atoms with Crippen molar-refractivity contribution in [2.75, 3.05) is 54.0 Å². The van der Waals surface area contributed by atoms with Gasteiger partial charge in [-0.1, -0.05) is 17.7 Å². The summed E-state index contributed by atoms with van der Waals surface area (Å²) in [5, 5.41) is 6.57. The Hall–Kier alpha value is -2.90. The Labute approximate surface area is 196 Å². The molecule has 1 saturated heterocycles. The minimum atomic E-state index is -0.222. The van der Waals surface area contributed by atoms with E-state index in [-0.39, 0.29) is 11.9 Å². The summed E-state index contributed by atoms with van der Waals surface area (Å²) in [6, 6.07) is 11.9. The zero-order valence-electron chi connectivity index (χ0n) is 20.3. The molecule has 1 amide bonds. The number of carbonyl (C=O) groups excluding carboxylic acids is 1. The van der Waals surface area contributed by atoms with Gasteiger partial charge in [0.05, 0.1) is 32.5 Å². The number of hydrazone groups is 1. The maximum atomic E-state index is 13.5. The molecule has 0 unspecified atom stereocenters. The van der Waals surface area contributed by atoms with Gasteiger partial charge in [0, 0.05) is 49.8 Å². The number of aryl methyl sites for hydroxylation is 2. The quantitative estimate of drug-likeness (QED) is 0.676. The van der Waals surface area contributed by atoms with Gasteiger partial charge in [0.1, 0.15) is 11.5 Å². The highest BCUT2D eigenvalue weighted by Crippen LogP contribution is 2.39. The van der Waals surface area contributed by atoms with E-state index in [1.807, 2.05) is 18.2 Å². The number of rotatable bonds is 6. The molecule has 33 heavy (non-hydrogen) atoms. The van der Waals surface area contributed by atoms with Gasteiger partial charge in [0.2, 0.25) is 0 Å². The lowest BCUT2D eigenvalue weighted by Crippen LogP contribution is -2.48. The molecule has 7 nitrogen and oxygen atoms in total. The van der Waals surface area contributed by atoms with E-state index in [1.165, 1.54) is 5.56 Å². The lowest BCUT2D eigenvalue weighted by molar-refractivity contribution is -0.134. The SMILES string of the molecule is COc1ccc([C@@H]2CC(c3cc(C)ccc3C)=NN2C(=O)CN2CCN(C)CC2)c(OC)c1. The first-order valence-electron chi connectivity index (χ1n) is 11.5. The van der Waals surface area contributed by atoms with E-state index in [1.54, 1.807) is 19.2 Å². The fourth-order valence-electron chi connectivity index (χ4n) is 4.56. The molecule has 0 aliphatic carbocycles. The average Bonchev–Trinajstić information content (AvgIpc) is 3.26. The van der Waals surface area contributed by atoms with Crippen LogP contribution in [0.2, 0.25) is 0 Å². The molecular weight excluding hydrogens is 416 g/mol. The summed E-state index contributed by atoms with van der Waals surface area (Å²) in [5.74, 6) is 1.44. The van der Waals surface area contributed by atoms with E-state index in [0.717, 1.165) is 54.3 Å². The first-order chi connectivity index (χ1) is 15.9. The third-order valence-corrected chi connectivity index (χ3v) is 6.62. The summed E-state index contributed by atoms with van der Waals surface area (Å²) in [6.45, 7) is 8.26. The van der Waals surface area contributed by atoms with Crippen LogP contribution in [0.3, 0.4) is 0 Å². The van der Waals surface area contributed by atoms with Crippen molar-refractivity contribution in [3.05, 3.63) is 58.7 Å². The van der Waals surface area contributed by atoms with Gasteiger partial charge < -0.3 is 14.4 Å². The number of hydrogen-bond donors (Lipinski definition) is 0. The highest BCUT2D eigenvalue weighted by Gasteiger charge is 2.36. The van der Waals surface area contributed by atoms with Crippen LogP contribution in [-0.4, -0.2) is 80.4 Å². The van der Waals surface area contributed by atoms with Gasteiger partial charge >= 0.3 is 0 Å². The summed E-state index contributed by atoms with van der Waals surface area (Å²) in [5.41, 5.74) is 5.31. The van der Waals surface area contributed by atoms with Crippen LogP contribution in [0.15, 0.2) is 41.5 Å². The number of benzene rings is 2. The molecule has 0 N–H and O–H groups in total. The van der Waals surface area contributed by atoms with Crippen LogP contribution >= 0.6 is 0 Å². The molecule has 2 aliphatic heterocycles. The van der Waals surface area contributed by atoms with Crippen LogP contribution < -0.4 is 9.47 Å². The smallest absolute Gasteiger partial charge is 0.257 e. The molecule has 0 radical (unpaired) electrons. The Kier molecular flexibility index (Phi) is 7.00. The second-order valence-electron chi connectivity index (χ2n) is 9.01. The number of piperazine rings is 1. The largest absolute Gasteiger partial charge is 0.497 e. The molecule has 0 aromatic heterocycles. The van der Waals surface area contributed by atoms with Gasteiger partial charge in [-0.05, 0) is 44.7 Å². The Balaban J connectivity index is 1.67. The third-order valence-electron chi connectivity index (χ3n) is 6.62. The number of amides is 1. The predicted molar refractivity (Wildman–Crippen MR) is 130 cm³/mol. The van der Waals surface area contributed by atoms with Crippen molar-refractivity contribution in [3.8, 4) is 11.5 Å². The minimum Gasteiger partial charge on any atom is -0.497 e. The lowest BCUT2D eigenvalue weighted by Gasteiger charge is -2.33. The average molecular weight is 451 g/mol. The highest BCUT2D eigenvalue weighted by molar-refractivity contribution is 6.04. The highest BCUT2D eigenvalue weighted by atomic mass is 16.5. The van der Waals surface area contributed by atoms with Crippen LogP contribution in [0.25, 0.3) is 0 Å². The molecule has 2 aliphatic rings. The topological polar surface area (TPSA) is 57.6 Å². The maximum absolute atomic E-state index is 13.5. The Bertz CT molecular complexity index is 1040. The van der Waals surface area contributed by atoms with Crippen LogP contribution in [0.1, 0.15) is 34.7 Å². The first-order valence-corrected chi connectivity index (χ1v) is 11.5. The van der Waals surface area contributed by atoms with E-state index in [2.05, 4.69) is 48.9 Å². The van der Waals surface area contributed by atoms with Gasteiger partial charge in [-0.15, -0.1) is 0 Å². The van der Waals surface area contributed by atoms with E-state index >= 15 is 0 Å². The molecular formula is C26H34N4O3. The van der Waals surface area contributed by atoms with Crippen LogP contribution in [0.5, 0.6) is 11.5 Å². The van der Waals surface area contributed by atoms with Crippen molar-refractivity contribution in [3.63, 3.8) is 0 Å². The number of nitrogens with zero attached hydrogens (tertiary/aromatic N) is 4. The molecule has 0 spiro atoms. The molecule has 2 aromatic rings. The van der Waals surface area contributed by atoms with E-state index in [0.29, 0.717) is 18.7 Å². The zero-order chi connectivity index (χ0) is 23.5. The van der Waals surface area contributed by atoms with E-state index < -0.39 is 0 Å². The molecule has 0 bridgehead atoms. The molecule has 2 heterocycles. The van der Waals surface area contributed by atoms with Gasteiger partial charge in [-0.25, -0.2) is 5.01 Å². The van der Waals surface area contributed by atoms with Gasteiger partial charge in [0.25, 0.3) is 5.91 Å². The number of methoxy groups -OCH3 is 2. The summed E-state index contributed by atoms with van der Waals surface area (Å²) in [6.07, 6.45) is 0.640. The van der Waals surface area contributed by atoms with Crippen LogP contribution in [-0.2, 0) is 4.79 Å². The number of likely N-dealkylation sites (N-methyl/N-ethyl adjacent to an activating group) is 1. The summed E-state index contributed by atoms with van der Waals surface area (Å²) in [7, 11) is 5.40. The predicted octanol–water partition coefficient (Wildman–Crippen LogP) is 3.25. The third kappa shape index (κ3) is 5.04. The van der Waals surface area contributed by atoms with Gasteiger partial charge in [0.15, 0.2) is 0 Å². The second kappa shape index (κ2) is 9.93. The number of ether oxygens (including phenoxy) is 2. The molecule has 2 aromatic carbocycles. The van der Waals surface area contributed by atoms with Crippen molar-refractivity contribution >= 4 is 11.6 Å².